The molecule has 0 radical (unpaired) electrons. The van der Waals surface area contributed by atoms with Crippen molar-refractivity contribution >= 4 is 30.9 Å². The highest BCUT2D eigenvalue weighted by Gasteiger charge is 2.67. The number of amides is 2. The first-order valence-electron chi connectivity index (χ1n) is 11.2. The molecule has 0 aliphatic carbocycles. The van der Waals surface area contributed by atoms with Crippen LogP contribution in [-0.4, -0.2) is 24.8 Å². The molecule has 160 valence electrons. The molecule has 4 nitrogen and oxygen atoms in total. The second-order valence-electron chi connectivity index (χ2n) is 8.35. The van der Waals surface area contributed by atoms with E-state index in [1.165, 1.54) is 0 Å². The zero-order valence-electron chi connectivity index (χ0n) is 18.5. The minimum absolute atomic E-state index is 0.140. The highest BCUT2D eigenvalue weighted by Crippen LogP contribution is 2.49. The smallest absolute Gasteiger partial charge is 0.241 e. The van der Waals surface area contributed by atoms with Gasteiger partial charge in [-0.15, -0.1) is 0 Å². The largest absolute Gasteiger partial charge is 0.385 e. The summed E-state index contributed by atoms with van der Waals surface area (Å²) < 4.78 is 6.30. The van der Waals surface area contributed by atoms with Crippen LogP contribution in [0.5, 0.6) is 0 Å². The third-order valence-electron chi connectivity index (χ3n) is 6.95. The molecule has 1 fully saturated rings. The molecule has 2 atom stereocenters. The molecule has 1 heterocycles. The molecule has 0 bridgehead atoms. The Morgan fingerprint density at radius 3 is 2.16 bits per heavy atom. The van der Waals surface area contributed by atoms with Crippen molar-refractivity contribution in [2.45, 2.75) is 51.4 Å². The fourth-order valence-electron chi connectivity index (χ4n) is 4.77. The number of quaternary nitrogens is 1. The maximum absolute atomic E-state index is 14.0. The lowest BCUT2D eigenvalue weighted by Crippen LogP contribution is -2.70. The summed E-state index contributed by atoms with van der Waals surface area (Å²) >= 11 is 0. The van der Waals surface area contributed by atoms with Crippen molar-refractivity contribution < 1.29 is 18.8 Å². The molecule has 0 N–H and O–H groups in total. The van der Waals surface area contributed by atoms with Crippen molar-refractivity contribution in [2.24, 2.45) is 0 Å². The summed E-state index contributed by atoms with van der Waals surface area (Å²) in [4.78, 5) is 27.3. The van der Waals surface area contributed by atoms with Gasteiger partial charge in [0.1, 0.15) is 6.42 Å². The van der Waals surface area contributed by atoms with Crippen molar-refractivity contribution in [3.8, 4) is 0 Å². The number of carbonyl (C=O) groups excluding carboxylic acids is 2. The first-order valence-corrected chi connectivity index (χ1v) is 13.7. The SMILES string of the molecule is CC[Si](CC)(CC)O[N@+]1(C(=O)c2ccccc2)C(=O)C[C@H]1c1cccc2ccccc12. The third kappa shape index (κ3) is 3.47. The monoisotopic (exact) mass is 432 g/mol. The summed E-state index contributed by atoms with van der Waals surface area (Å²) in [5.41, 5.74) is 1.53. The topological polar surface area (TPSA) is 43.4 Å². The Morgan fingerprint density at radius 1 is 0.903 bits per heavy atom. The molecule has 1 aliphatic heterocycles. The highest BCUT2D eigenvalue weighted by atomic mass is 28.4. The summed E-state index contributed by atoms with van der Waals surface area (Å²) in [7, 11) is -2.27. The van der Waals surface area contributed by atoms with Crippen molar-refractivity contribution in [3.63, 3.8) is 0 Å². The van der Waals surface area contributed by atoms with Crippen molar-refractivity contribution in [2.75, 3.05) is 0 Å². The zero-order valence-corrected chi connectivity index (χ0v) is 19.5. The van der Waals surface area contributed by atoms with Gasteiger partial charge in [-0.05, 0) is 41.0 Å². The molecule has 31 heavy (non-hydrogen) atoms. The number of nitrogens with zero attached hydrogens (tertiary/aromatic N) is 1. The molecule has 0 saturated carbocycles. The quantitative estimate of drug-likeness (QED) is 0.188. The molecular formula is C26H30NO3Si+. The van der Waals surface area contributed by atoms with Crippen LogP contribution in [0.15, 0.2) is 72.8 Å². The van der Waals surface area contributed by atoms with Crippen molar-refractivity contribution in [1.29, 1.82) is 0 Å². The summed E-state index contributed by atoms with van der Waals surface area (Å²) in [5.74, 6) is -0.388. The Labute approximate surface area is 185 Å². The molecule has 0 spiro atoms. The average molecular weight is 433 g/mol. The summed E-state index contributed by atoms with van der Waals surface area (Å²) in [6, 6.07) is 25.7. The Hall–Kier alpha value is -2.60. The van der Waals surface area contributed by atoms with Crippen LogP contribution in [0.2, 0.25) is 18.1 Å². The number of benzene rings is 3. The van der Waals surface area contributed by atoms with Gasteiger partial charge in [0, 0.05) is 5.56 Å². The standard InChI is InChI=1S/C26H30NO3Si/c1-4-31(5-2,6-3)30-27(26(29)21-14-8-7-9-15-21)24(19-25(27)28)23-18-12-16-20-13-10-11-17-22(20)23/h7-18,24H,4-6,19H2,1-3H3/q+1/t24-,27-/m0/s1. The van der Waals surface area contributed by atoms with Gasteiger partial charge in [-0.2, -0.15) is 0 Å². The van der Waals surface area contributed by atoms with Crippen LogP contribution >= 0.6 is 0 Å². The van der Waals surface area contributed by atoms with Crippen LogP contribution in [0.25, 0.3) is 10.8 Å². The van der Waals surface area contributed by atoms with Crippen LogP contribution in [0, 0.1) is 0 Å². The molecule has 3 aromatic rings. The van der Waals surface area contributed by atoms with Gasteiger partial charge in [0.2, 0.25) is 0 Å². The molecule has 1 aliphatic rings. The summed E-state index contributed by atoms with van der Waals surface area (Å²) in [6.45, 7) is 6.37. The fourth-order valence-corrected chi connectivity index (χ4v) is 7.58. The second kappa shape index (κ2) is 8.50. The van der Waals surface area contributed by atoms with Crippen LogP contribution in [0.3, 0.4) is 0 Å². The van der Waals surface area contributed by atoms with Gasteiger partial charge >= 0.3 is 11.8 Å². The van der Waals surface area contributed by atoms with Gasteiger partial charge in [-0.3, -0.25) is 0 Å². The molecule has 3 aromatic carbocycles. The number of fused-ring (bicyclic) bond motifs is 1. The van der Waals surface area contributed by atoms with E-state index in [1.54, 1.807) is 12.1 Å². The lowest BCUT2D eigenvalue weighted by atomic mass is 9.88. The number of hydroxylamine groups is 3. The van der Waals surface area contributed by atoms with Gasteiger partial charge in [-0.25, -0.2) is 14.1 Å². The molecule has 2 amide bonds. The molecular weight excluding hydrogens is 402 g/mol. The van der Waals surface area contributed by atoms with E-state index in [0.29, 0.717) is 12.0 Å². The molecule has 4 rings (SSSR count). The van der Waals surface area contributed by atoms with Gasteiger partial charge in [0.05, 0.1) is 5.56 Å². The van der Waals surface area contributed by atoms with E-state index in [0.717, 1.165) is 34.5 Å². The Kier molecular flexibility index (Phi) is 5.93. The van der Waals surface area contributed by atoms with E-state index >= 15 is 0 Å². The zero-order chi connectivity index (χ0) is 22.1. The van der Waals surface area contributed by atoms with Gasteiger partial charge in [0.25, 0.3) is 8.32 Å². The predicted octanol–water partition coefficient (Wildman–Crippen LogP) is 6.41. The highest BCUT2D eigenvalue weighted by molar-refractivity contribution is 6.73. The van der Waals surface area contributed by atoms with E-state index in [1.807, 2.05) is 42.5 Å². The summed E-state index contributed by atoms with van der Waals surface area (Å²) in [5, 5.41) is 2.18. The lowest BCUT2D eigenvalue weighted by molar-refractivity contribution is -1.00. The van der Waals surface area contributed by atoms with Gasteiger partial charge in [0.15, 0.2) is 6.04 Å². The number of imide groups is 1. The molecule has 0 unspecified atom stereocenters. The van der Waals surface area contributed by atoms with Crippen LogP contribution < -0.4 is 0 Å². The second-order valence-corrected chi connectivity index (χ2v) is 13.0. The van der Waals surface area contributed by atoms with E-state index < -0.39 is 13.0 Å². The van der Waals surface area contributed by atoms with Crippen LogP contribution in [0.1, 0.15) is 49.2 Å². The van der Waals surface area contributed by atoms with E-state index in [9.17, 15) is 9.59 Å². The number of hydrogen-bond donors (Lipinski definition) is 0. The number of rotatable bonds is 7. The van der Waals surface area contributed by atoms with Crippen molar-refractivity contribution in [3.05, 3.63) is 83.9 Å². The maximum Gasteiger partial charge on any atom is 0.385 e. The minimum Gasteiger partial charge on any atom is -0.241 e. The van der Waals surface area contributed by atoms with Crippen LogP contribution in [0.4, 0.5) is 0 Å². The Morgan fingerprint density at radius 2 is 1.52 bits per heavy atom. The van der Waals surface area contributed by atoms with E-state index in [2.05, 4.69) is 39.0 Å². The normalized spacial score (nSPS) is 21.1. The van der Waals surface area contributed by atoms with E-state index in [-0.39, 0.29) is 17.9 Å². The molecule has 0 aromatic heterocycles. The average Bonchev–Trinajstić information content (AvgIpc) is 2.83. The lowest BCUT2D eigenvalue weighted by Gasteiger charge is -2.48. The first kappa shape index (κ1) is 21.6. The number of likely N-dealkylation sites (tertiary alicyclic amines) is 1. The van der Waals surface area contributed by atoms with Crippen LogP contribution in [-0.2, 0) is 9.32 Å². The van der Waals surface area contributed by atoms with Crippen molar-refractivity contribution in [1.82, 2.24) is 0 Å². The van der Waals surface area contributed by atoms with Gasteiger partial charge in [-0.1, -0.05) is 86.1 Å². The number of β-lactam (4-membered cyclic amide) rings is 1. The first-order chi connectivity index (χ1) is 15.0. The summed E-state index contributed by atoms with van der Waals surface area (Å²) in [6.07, 6.45) is 0.314. The maximum atomic E-state index is 14.0. The fraction of sp³-hybridized carbons (Fsp3) is 0.308. The minimum atomic E-state index is -2.27. The third-order valence-corrected chi connectivity index (χ3v) is 11.5. The molecule has 1 saturated heterocycles. The van der Waals surface area contributed by atoms with Gasteiger partial charge < -0.3 is 0 Å². The number of hydrogen-bond acceptors (Lipinski definition) is 3. The number of carbonyl (C=O) groups is 2. The predicted molar refractivity (Wildman–Crippen MR) is 126 cm³/mol. The Balaban J connectivity index is 1.90. The Bertz CT molecular complexity index is 1100. The van der Waals surface area contributed by atoms with E-state index in [4.69, 9.17) is 4.53 Å². The molecule has 5 heteroatoms.